The third-order valence-corrected chi connectivity index (χ3v) is 3.88. The molecule has 0 fully saturated rings. The highest BCUT2D eigenvalue weighted by atomic mass is 32.1. The molecule has 120 valence electrons. The Hall–Kier alpha value is -2.74. The molecular formula is C15H16N4O3S. The van der Waals surface area contributed by atoms with Crippen molar-refractivity contribution in [2.24, 2.45) is 0 Å². The lowest BCUT2D eigenvalue weighted by atomic mass is 10.2. The first-order valence-electron chi connectivity index (χ1n) is 6.79. The van der Waals surface area contributed by atoms with Crippen LogP contribution < -0.4 is 16.0 Å². The number of rotatable bonds is 3. The number of hydrogen-bond donors (Lipinski definition) is 3. The standard InChI is InChI=1S/C15H16N4O3S/c1-8-9(2)23-15(16-8)19-14(22)13(21)18-12-6-4-5-11(7-12)17-10(3)20/h4-7H,1-3H3,(H,17,20)(H,18,21)(H,16,19,22). The lowest BCUT2D eigenvalue weighted by Gasteiger charge is -2.07. The van der Waals surface area contributed by atoms with E-state index in [9.17, 15) is 14.4 Å². The molecule has 0 aliphatic heterocycles. The van der Waals surface area contributed by atoms with E-state index in [4.69, 9.17) is 0 Å². The summed E-state index contributed by atoms with van der Waals surface area (Å²) in [6.45, 7) is 5.10. The lowest BCUT2D eigenvalue weighted by molar-refractivity contribution is -0.132. The summed E-state index contributed by atoms with van der Waals surface area (Å²) >= 11 is 1.31. The molecular weight excluding hydrogens is 316 g/mol. The Bertz CT molecular complexity index is 750. The van der Waals surface area contributed by atoms with E-state index >= 15 is 0 Å². The van der Waals surface area contributed by atoms with Crippen LogP contribution in [0.15, 0.2) is 24.3 Å². The van der Waals surface area contributed by atoms with Gasteiger partial charge >= 0.3 is 11.8 Å². The van der Waals surface area contributed by atoms with Crippen molar-refractivity contribution in [3.63, 3.8) is 0 Å². The number of carbonyl (C=O) groups is 3. The van der Waals surface area contributed by atoms with Crippen LogP contribution in [0.1, 0.15) is 17.5 Å². The Labute approximate surface area is 137 Å². The first kappa shape index (κ1) is 16.6. The van der Waals surface area contributed by atoms with Crippen molar-refractivity contribution in [1.29, 1.82) is 0 Å². The van der Waals surface area contributed by atoms with Gasteiger partial charge in [-0.15, -0.1) is 11.3 Å². The normalized spacial score (nSPS) is 10.0. The monoisotopic (exact) mass is 332 g/mol. The summed E-state index contributed by atoms with van der Waals surface area (Å²) < 4.78 is 0. The summed E-state index contributed by atoms with van der Waals surface area (Å²) in [4.78, 5) is 39.9. The molecule has 7 nitrogen and oxygen atoms in total. The quantitative estimate of drug-likeness (QED) is 0.751. The zero-order valence-electron chi connectivity index (χ0n) is 12.9. The van der Waals surface area contributed by atoms with Crippen LogP contribution in [0.25, 0.3) is 0 Å². The van der Waals surface area contributed by atoms with Crippen molar-refractivity contribution in [2.75, 3.05) is 16.0 Å². The topological polar surface area (TPSA) is 100 Å². The Morgan fingerprint density at radius 3 is 2.17 bits per heavy atom. The second-order valence-corrected chi connectivity index (χ2v) is 6.03. The predicted molar refractivity (Wildman–Crippen MR) is 89.6 cm³/mol. The van der Waals surface area contributed by atoms with Crippen LogP contribution in [-0.4, -0.2) is 22.7 Å². The molecule has 0 unspecified atom stereocenters. The van der Waals surface area contributed by atoms with Crippen LogP contribution in [-0.2, 0) is 14.4 Å². The molecule has 0 aliphatic carbocycles. The lowest BCUT2D eigenvalue weighted by Crippen LogP contribution is -2.29. The van der Waals surface area contributed by atoms with Crippen LogP contribution in [0.5, 0.6) is 0 Å². The number of aryl methyl sites for hydroxylation is 2. The molecule has 0 saturated heterocycles. The minimum absolute atomic E-state index is 0.222. The molecule has 2 aromatic rings. The van der Waals surface area contributed by atoms with Gasteiger partial charge in [-0.1, -0.05) is 6.07 Å². The maximum absolute atomic E-state index is 11.9. The van der Waals surface area contributed by atoms with Gasteiger partial charge in [0.1, 0.15) is 0 Å². The Morgan fingerprint density at radius 1 is 1.00 bits per heavy atom. The number of nitrogens with zero attached hydrogens (tertiary/aromatic N) is 1. The van der Waals surface area contributed by atoms with E-state index in [1.165, 1.54) is 18.3 Å². The van der Waals surface area contributed by atoms with Crippen molar-refractivity contribution in [3.05, 3.63) is 34.8 Å². The van der Waals surface area contributed by atoms with Gasteiger partial charge in [-0.3, -0.25) is 19.7 Å². The summed E-state index contributed by atoms with van der Waals surface area (Å²) in [6, 6.07) is 6.52. The van der Waals surface area contributed by atoms with E-state index in [-0.39, 0.29) is 5.91 Å². The van der Waals surface area contributed by atoms with Gasteiger partial charge < -0.3 is 10.6 Å². The van der Waals surface area contributed by atoms with Gasteiger partial charge in [0.15, 0.2) is 5.13 Å². The first-order valence-corrected chi connectivity index (χ1v) is 7.61. The zero-order chi connectivity index (χ0) is 17.0. The summed E-state index contributed by atoms with van der Waals surface area (Å²) in [5.41, 5.74) is 1.75. The van der Waals surface area contributed by atoms with Crippen molar-refractivity contribution >= 4 is 45.6 Å². The maximum atomic E-state index is 11.9. The van der Waals surface area contributed by atoms with Crippen LogP contribution in [0.3, 0.4) is 0 Å². The number of anilines is 3. The number of benzene rings is 1. The molecule has 2 rings (SSSR count). The Balaban J connectivity index is 2.00. The summed E-state index contributed by atoms with van der Waals surface area (Å²) in [6.07, 6.45) is 0. The number of amides is 3. The highest BCUT2D eigenvalue weighted by molar-refractivity contribution is 7.15. The van der Waals surface area contributed by atoms with Crippen molar-refractivity contribution < 1.29 is 14.4 Å². The van der Waals surface area contributed by atoms with Gasteiger partial charge in [0.2, 0.25) is 5.91 Å². The SMILES string of the molecule is CC(=O)Nc1cccc(NC(=O)C(=O)Nc2nc(C)c(C)s2)c1. The van der Waals surface area contributed by atoms with Gasteiger partial charge in [0.25, 0.3) is 0 Å². The molecule has 0 aliphatic rings. The zero-order valence-corrected chi connectivity index (χ0v) is 13.7. The molecule has 3 N–H and O–H groups in total. The van der Waals surface area contributed by atoms with Crippen molar-refractivity contribution in [2.45, 2.75) is 20.8 Å². The molecule has 0 spiro atoms. The number of carbonyl (C=O) groups excluding carboxylic acids is 3. The summed E-state index contributed by atoms with van der Waals surface area (Å²) in [5, 5.41) is 7.91. The molecule has 0 bridgehead atoms. The molecule has 1 aromatic carbocycles. The average Bonchev–Trinajstić information content (AvgIpc) is 2.76. The van der Waals surface area contributed by atoms with Crippen LogP contribution in [0.2, 0.25) is 0 Å². The summed E-state index contributed by atoms with van der Waals surface area (Å²) in [5.74, 6) is -1.83. The van der Waals surface area contributed by atoms with Crippen LogP contribution >= 0.6 is 11.3 Å². The minimum Gasteiger partial charge on any atom is -0.326 e. The van der Waals surface area contributed by atoms with Gasteiger partial charge in [-0.2, -0.15) is 0 Å². The molecule has 23 heavy (non-hydrogen) atoms. The second-order valence-electron chi connectivity index (χ2n) is 4.83. The fraction of sp³-hybridized carbons (Fsp3) is 0.200. The molecule has 1 heterocycles. The number of nitrogens with one attached hydrogen (secondary N) is 3. The van der Waals surface area contributed by atoms with Crippen LogP contribution in [0.4, 0.5) is 16.5 Å². The number of hydrogen-bond acceptors (Lipinski definition) is 5. The largest absolute Gasteiger partial charge is 0.326 e. The molecule has 8 heteroatoms. The van der Waals surface area contributed by atoms with Crippen molar-refractivity contribution in [1.82, 2.24) is 4.98 Å². The van der Waals surface area contributed by atoms with Gasteiger partial charge in [-0.05, 0) is 32.0 Å². The van der Waals surface area contributed by atoms with Gasteiger partial charge in [-0.25, -0.2) is 4.98 Å². The molecule has 0 atom stereocenters. The number of aromatic nitrogens is 1. The van der Waals surface area contributed by atoms with Gasteiger partial charge in [0.05, 0.1) is 5.69 Å². The second kappa shape index (κ2) is 7.01. The first-order chi connectivity index (χ1) is 10.8. The predicted octanol–water partition coefficient (Wildman–Crippen LogP) is 2.30. The van der Waals surface area contributed by atoms with E-state index in [1.54, 1.807) is 24.3 Å². The molecule has 1 aromatic heterocycles. The highest BCUT2D eigenvalue weighted by Gasteiger charge is 2.16. The fourth-order valence-corrected chi connectivity index (χ4v) is 2.56. The third-order valence-electron chi connectivity index (χ3n) is 2.90. The maximum Gasteiger partial charge on any atom is 0.315 e. The Morgan fingerprint density at radius 2 is 1.61 bits per heavy atom. The van der Waals surface area contributed by atoms with E-state index in [0.29, 0.717) is 16.5 Å². The van der Waals surface area contributed by atoms with E-state index in [0.717, 1.165) is 10.6 Å². The fourth-order valence-electron chi connectivity index (χ4n) is 1.75. The average molecular weight is 332 g/mol. The molecule has 0 radical (unpaired) electrons. The van der Waals surface area contributed by atoms with Crippen molar-refractivity contribution in [3.8, 4) is 0 Å². The molecule has 3 amide bonds. The van der Waals surface area contributed by atoms with Crippen LogP contribution in [0, 0.1) is 13.8 Å². The van der Waals surface area contributed by atoms with E-state index in [2.05, 4.69) is 20.9 Å². The molecule has 0 saturated carbocycles. The highest BCUT2D eigenvalue weighted by Crippen LogP contribution is 2.21. The summed E-state index contributed by atoms with van der Waals surface area (Å²) in [7, 11) is 0. The van der Waals surface area contributed by atoms with E-state index < -0.39 is 11.8 Å². The third kappa shape index (κ3) is 4.62. The van der Waals surface area contributed by atoms with Gasteiger partial charge in [0, 0.05) is 23.2 Å². The van der Waals surface area contributed by atoms with E-state index in [1.807, 2.05) is 13.8 Å². The smallest absolute Gasteiger partial charge is 0.315 e. The number of thiazole rings is 1. The Kier molecular flexibility index (Phi) is 5.07. The minimum atomic E-state index is -0.810.